The highest BCUT2D eigenvalue weighted by atomic mass is 35.5. The Hall–Kier alpha value is -3.36. The van der Waals surface area contributed by atoms with E-state index in [2.05, 4.69) is 15.3 Å². The number of carbonyl (C=O) groups excluding carboxylic acids is 1. The summed E-state index contributed by atoms with van der Waals surface area (Å²) >= 11 is 6.00. The molecule has 1 amide bonds. The maximum absolute atomic E-state index is 14.2. The highest BCUT2D eigenvalue weighted by molar-refractivity contribution is 6.30. The lowest BCUT2D eigenvalue weighted by Crippen LogP contribution is -2.44. The van der Waals surface area contributed by atoms with Gasteiger partial charge >= 0.3 is 5.97 Å². The number of carboxylic acids is 1. The number of rotatable bonds is 10. The van der Waals surface area contributed by atoms with E-state index in [0.29, 0.717) is 22.6 Å². The van der Waals surface area contributed by atoms with Gasteiger partial charge in [-0.05, 0) is 55.2 Å². The molecule has 3 rings (SSSR count). The van der Waals surface area contributed by atoms with Gasteiger partial charge in [-0.25, -0.2) is 14.4 Å². The zero-order valence-electron chi connectivity index (χ0n) is 18.8. The monoisotopic (exact) mass is 485 g/mol. The van der Waals surface area contributed by atoms with Crippen LogP contribution in [0.25, 0.3) is 11.1 Å². The van der Waals surface area contributed by atoms with Gasteiger partial charge < -0.3 is 15.2 Å². The van der Waals surface area contributed by atoms with E-state index in [1.807, 2.05) is 12.1 Å². The summed E-state index contributed by atoms with van der Waals surface area (Å²) in [5.41, 5.74) is 0.629. The molecule has 178 valence electrons. The Labute approximate surface area is 202 Å². The van der Waals surface area contributed by atoms with E-state index in [1.165, 1.54) is 31.6 Å². The van der Waals surface area contributed by atoms with Crippen LogP contribution in [-0.4, -0.2) is 46.7 Å². The molecular formula is C25H25ClFN3O4. The van der Waals surface area contributed by atoms with Crippen molar-refractivity contribution in [2.24, 2.45) is 5.41 Å². The number of ether oxygens (including phenoxy) is 1. The number of aromatic nitrogens is 2. The second kappa shape index (κ2) is 11.2. The molecule has 0 spiro atoms. The molecule has 0 fully saturated rings. The van der Waals surface area contributed by atoms with E-state index in [9.17, 15) is 19.1 Å². The van der Waals surface area contributed by atoms with Crippen LogP contribution in [0, 0.1) is 11.2 Å². The molecule has 34 heavy (non-hydrogen) atoms. The Balaban J connectivity index is 1.84. The Kier molecular flexibility index (Phi) is 8.31. The molecule has 9 heteroatoms. The van der Waals surface area contributed by atoms with Crippen LogP contribution >= 0.6 is 11.6 Å². The van der Waals surface area contributed by atoms with E-state index in [-0.39, 0.29) is 24.7 Å². The molecule has 0 aliphatic heterocycles. The Morgan fingerprint density at radius 2 is 1.85 bits per heavy atom. The van der Waals surface area contributed by atoms with E-state index < -0.39 is 23.3 Å². The van der Waals surface area contributed by atoms with Gasteiger partial charge in [0.15, 0.2) is 0 Å². The average molecular weight is 486 g/mol. The normalized spacial score (nSPS) is 13.6. The second-order valence-electron chi connectivity index (χ2n) is 8.27. The van der Waals surface area contributed by atoms with Gasteiger partial charge in [0.05, 0.1) is 12.0 Å². The van der Waals surface area contributed by atoms with Crippen LogP contribution in [0.15, 0.2) is 60.9 Å². The first-order chi connectivity index (χ1) is 16.2. The Morgan fingerprint density at radius 3 is 2.47 bits per heavy atom. The SMILES string of the molecule is COC[C@](C)(C[C@@H](Cc1ccc(-c2cc(Cl)ccc2F)cc1)NC(=O)c1ncccn1)C(=O)O. The van der Waals surface area contributed by atoms with Crippen LogP contribution in [0.1, 0.15) is 29.5 Å². The van der Waals surface area contributed by atoms with Crippen molar-refractivity contribution in [1.82, 2.24) is 15.3 Å². The summed E-state index contributed by atoms with van der Waals surface area (Å²) in [7, 11) is 1.43. The number of halogens is 2. The van der Waals surface area contributed by atoms with Gasteiger partial charge in [0.25, 0.3) is 5.91 Å². The second-order valence-corrected chi connectivity index (χ2v) is 8.71. The minimum Gasteiger partial charge on any atom is -0.481 e. The zero-order valence-corrected chi connectivity index (χ0v) is 19.6. The Morgan fingerprint density at radius 1 is 1.18 bits per heavy atom. The third-order valence-corrected chi connectivity index (χ3v) is 5.69. The Bertz CT molecular complexity index is 1140. The van der Waals surface area contributed by atoms with Crippen molar-refractivity contribution >= 4 is 23.5 Å². The lowest BCUT2D eigenvalue weighted by molar-refractivity contribution is -0.152. The summed E-state index contributed by atoms with van der Waals surface area (Å²) < 4.78 is 19.3. The third kappa shape index (κ3) is 6.36. The molecule has 0 unspecified atom stereocenters. The van der Waals surface area contributed by atoms with Gasteiger partial charge in [-0.2, -0.15) is 0 Å². The first kappa shape index (κ1) is 25.3. The summed E-state index contributed by atoms with van der Waals surface area (Å²) in [6.45, 7) is 1.55. The van der Waals surface area contributed by atoms with Crippen LogP contribution in [0.2, 0.25) is 5.02 Å². The van der Waals surface area contributed by atoms with Gasteiger partial charge in [-0.1, -0.05) is 35.9 Å². The fourth-order valence-corrected chi connectivity index (χ4v) is 3.91. The highest BCUT2D eigenvalue weighted by Crippen LogP contribution is 2.28. The van der Waals surface area contributed by atoms with E-state index >= 15 is 0 Å². The number of hydrogen-bond acceptors (Lipinski definition) is 5. The molecule has 0 aliphatic rings. The summed E-state index contributed by atoms with van der Waals surface area (Å²) in [5, 5.41) is 13.1. The van der Waals surface area contributed by atoms with Crippen molar-refractivity contribution in [1.29, 1.82) is 0 Å². The minimum absolute atomic E-state index is 0.0111. The van der Waals surface area contributed by atoms with Gasteiger partial charge in [0, 0.05) is 36.1 Å². The smallest absolute Gasteiger partial charge is 0.311 e. The van der Waals surface area contributed by atoms with Crippen molar-refractivity contribution in [3.05, 3.63) is 83.2 Å². The first-order valence-electron chi connectivity index (χ1n) is 10.6. The number of nitrogens with zero attached hydrogens (tertiary/aromatic N) is 2. The maximum Gasteiger partial charge on any atom is 0.311 e. The fraction of sp³-hybridized carbons (Fsp3) is 0.280. The molecule has 7 nitrogen and oxygen atoms in total. The summed E-state index contributed by atoms with van der Waals surface area (Å²) in [4.78, 5) is 32.6. The quantitative estimate of drug-likeness (QED) is 0.441. The van der Waals surface area contributed by atoms with Gasteiger partial charge in [-0.15, -0.1) is 0 Å². The van der Waals surface area contributed by atoms with E-state index in [4.69, 9.17) is 16.3 Å². The van der Waals surface area contributed by atoms with Crippen molar-refractivity contribution in [3.8, 4) is 11.1 Å². The first-order valence-corrected chi connectivity index (χ1v) is 10.9. The van der Waals surface area contributed by atoms with E-state index in [1.54, 1.807) is 31.2 Å². The largest absolute Gasteiger partial charge is 0.481 e. The zero-order chi connectivity index (χ0) is 24.7. The van der Waals surface area contributed by atoms with Crippen molar-refractivity contribution < 1.29 is 23.8 Å². The number of methoxy groups -OCH3 is 1. The van der Waals surface area contributed by atoms with Gasteiger partial charge in [0.2, 0.25) is 5.82 Å². The number of carbonyl (C=O) groups is 2. The standard InChI is InChI=1S/C25H25ClFN3O4/c1-25(15-34-2,24(32)33)14-19(30-23(31)22-28-10-3-11-29-22)12-16-4-6-17(7-5-16)20-13-18(26)8-9-21(20)27/h3-11,13,19H,12,14-15H2,1-2H3,(H,30,31)(H,32,33)/t19-,25+/m1/s1. The molecule has 2 atom stereocenters. The number of nitrogens with one attached hydrogen (secondary N) is 1. The molecule has 0 radical (unpaired) electrons. The number of hydrogen-bond donors (Lipinski definition) is 2. The van der Waals surface area contributed by atoms with Crippen LogP contribution in [-0.2, 0) is 16.0 Å². The lowest BCUT2D eigenvalue weighted by atomic mass is 9.82. The summed E-state index contributed by atoms with van der Waals surface area (Å²) in [5.74, 6) is -1.94. The van der Waals surface area contributed by atoms with Crippen LogP contribution < -0.4 is 5.32 Å². The predicted octanol–water partition coefficient (Wildman–Crippen LogP) is 4.40. The molecule has 3 aromatic rings. The van der Waals surface area contributed by atoms with Crippen molar-refractivity contribution in [2.75, 3.05) is 13.7 Å². The minimum atomic E-state index is -1.23. The third-order valence-electron chi connectivity index (χ3n) is 5.46. The van der Waals surface area contributed by atoms with E-state index in [0.717, 1.165) is 5.56 Å². The molecule has 0 aliphatic carbocycles. The van der Waals surface area contributed by atoms with Crippen molar-refractivity contribution in [3.63, 3.8) is 0 Å². The summed E-state index contributed by atoms with van der Waals surface area (Å²) in [6, 6.07) is 12.5. The number of aliphatic carboxylic acids is 1. The molecular weight excluding hydrogens is 461 g/mol. The highest BCUT2D eigenvalue weighted by Gasteiger charge is 2.36. The topological polar surface area (TPSA) is 101 Å². The van der Waals surface area contributed by atoms with Crippen LogP contribution in [0.5, 0.6) is 0 Å². The number of amides is 1. The predicted molar refractivity (Wildman–Crippen MR) is 126 cm³/mol. The lowest BCUT2D eigenvalue weighted by Gasteiger charge is -2.29. The number of carboxylic acid groups (broad SMARTS) is 1. The van der Waals surface area contributed by atoms with Crippen LogP contribution in [0.3, 0.4) is 0 Å². The molecule has 2 aromatic carbocycles. The van der Waals surface area contributed by atoms with Gasteiger partial charge in [-0.3, -0.25) is 9.59 Å². The average Bonchev–Trinajstić information content (AvgIpc) is 2.81. The molecule has 1 aromatic heterocycles. The van der Waals surface area contributed by atoms with Crippen molar-refractivity contribution in [2.45, 2.75) is 25.8 Å². The maximum atomic E-state index is 14.2. The summed E-state index contributed by atoms with van der Waals surface area (Å²) in [6.07, 6.45) is 3.36. The fourth-order valence-electron chi connectivity index (χ4n) is 3.73. The molecule has 0 saturated heterocycles. The van der Waals surface area contributed by atoms with Crippen LogP contribution in [0.4, 0.5) is 4.39 Å². The molecule has 1 heterocycles. The molecule has 2 N–H and O–H groups in total. The molecule has 0 saturated carbocycles. The molecule has 0 bridgehead atoms. The van der Waals surface area contributed by atoms with Gasteiger partial charge in [0.1, 0.15) is 5.82 Å². The number of benzene rings is 2.